The van der Waals surface area contributed by atoms with Crippen LogP contribution in [0.1, 0.15) is 11.6 Å². The van der Waals surface area contributed by atoms with Crippen LogP contribution in [0.4, 0.5) is 15.8 Å². The fraction of sp³-hybridized carbons (Fsp3) is 0.167. The second-order valence-corrected chi connectivity index (χ2v) is 8.45. The highest BCUT2D eigenvalue weighted by atomic mass is 79.9. The number of carbonyl (C=O) groups excluding carboxylic acids is 2. The molecule has 0 spiro atoms. The summed E-state index contributed by atoms with van der Waals surface area (Å²) in [6.45, 7) is 0. The molecule has 32 heavy (non-hydrogen) atoms. The molecule has 162 valence electrons. The lowest BCUT2D eigenvalue weighted by atomic mass is 9.90. The first-order valence-corrected chi connectivity index (χ1v) is 10.8. The van der Waals surface area contributed by atoms with Crippen molar-refractivity contribution in [2.45, 2.75) is 12.1 Å². The number of para-hydroxylation sites is 1. The van der Waals surface area contributed by atoms with Gasteiger partial charge in [0, 0.05) is 10.0 Å². The van der Waals surface area contributed by atoms with Crippen molar-refractivity contribution < 1.29 is 23.6 Å². The average Bonchev–Trinajstić information content (AvgIpc) is 3.31. The summed E-state index contributed by atoms with van der Waals surface area (Å²) in [7, 11) is 1.55. The largest absolute Gasteiger partial charge is 0.496 e. The maximum absolute atomic E-state index is 13.6. The van der Waals surface area contributed by atoms with E-state index in [-0.39, 0.29) is 0 Å². The Kier molecular flexibility index (Phi) is 5.19. The van der Waals surface area contributed by atoms with Gasteiger partial charge in [0.15, 0.2) is 6.10 Å². The third kappa shape index (κ3) is 3.27. The summed E-state index contributed by atoms with van der Waals surface area (Å²) in [6, 6.07) is 19.5. The highest BCUT2D eigenvalue weighted by Crippen LogP contribution is 2.49. The molecule has 3 atom stereocenters. The van der Waals surface area contributed by atoms with E-state index >= 15 is 0 Å². The number of rotatable bonds is 4. The van der Waals surface area contributed by atoms with Crippen molar-refractivity contribution in [3.8, 4) is 5.75 Å². The molecule has 2 saturated heterocycles. The van der Waals surface area contributed by atoms with Gasteiger partial charge < -0.3 is 4.74 Å². The monoisotopic (exact) mass is 496 g/mol. The zero-order valence-electron chi connectivity index (χ0n) is 16.9. The molecule has 2 aliphatic heterocycles. The summed E-state index contributed by atoms with van der Waals surface area (Å²) >= 11 is 3.49. The van der Waals surface area contributed by atoms with E-state index < -0.39 is 35.7 Å². The summed E-state index contributed by atoms with van der Waals surface area (Å²) in [5, 5.41) is 1.61. The lowest BCUT2D eigenvalue weighted by molar-refractivity contribution is -0.126. The van der Waals surface area contributed by atoms with Gasteiger partial charge in [-0.2, -0.15) is 0 Å². The topological polar surface area (TPSA) is 59.1 Å². The van der Waals surface area contributed by atoms with Crippen LogP contribution >= 0.6 is 15.9 Å². The van der Waals surface area contributed by atoms with E-state index in [4.69, 9.17) is 9.57 Å². The normalized spacial score (nSPS) is 22.4. The molecule has 0 N–H and O–H groups in total. The van der Waals surface area contributed by atoms with E-state index in [0.717, 1.165) is 9.37 Å². The number of halogens is 2. The molecule has 6 nitrogen and oxygen atoms in total. The first-order chi connectivity index (χ1) is 15.5. The maximum Gasteiger partial charge on any atom is 0.266 e. The maximum atomic E-state index is 13.6. The number of imide groups is 1. The molecule has 2 heterocycles. The summed E-state index contributed by atoms with van der Waals surface area (Å²) in [5.74, 6) is -1.57. The zero-order chi connectivity index (χ0) is 22.4. The van der Waals surface area contributed by atoms with Crippen molar-refractivity contribution >= 4 is 39.1 Å². The number of anilines is 2. The minimum Gasteiger partial charge on any atom is -0.496 e. The number of methoxy groups -OCH3 is 1. The molecular formula is C24H18BrFN2O4. The minimum absolute atomic E-state index is 0.311. The Morgan fingerprint density at radius 1 is 0.938 bits per heavy atom. The molecule has 2 amide bonds. The van der Waals surface area contributed by atoms with Crippen LogP contribution in [0, 0.1) is 11.7 Å². The predicted octanol–water partition coefficient (Wildman–Crippen LogP) is 4.65. The molecule has 0 saturated carbocycles. The first-order valence-electron chi connectivity index (χ1n) is 9.97. The van der Waals surface area contributed by atoms with E-state index in [1.165, 1.54) is 24.3 Å². The van der Waals surface area contributed by atoms with Crippen molar-refractivity contribution in [1.29, 1.82) is 0 Å². The molecule has 8 heteroatoms. The third-order valence-corrected chi connectivity index (χ3v) is 6.21. The number of hydrogen-bond donors (Lipinski definition) is 0. The molecule has 0 aliphatic carbocycles. The van der Waals surface area contributed by atoms with Gasteiger partial charge in [-0.1, -0.05) is 34.1 Å². The molecular weight excluding hydrogens is 479 g/mol. The number of ether oxygens (including phenoxy) is 1. The van der Waals surface area contributed by atoms with Crippen LogP contribution in [0.5, 0.6) is 5.75 Å². The van der Waals surface area contributed by atoms with Gasteiger partial charge in [0.1, 0.15) is 17.5 Å². The van der Waals surface area contributed by atoms with Crippen molar-refractivity contribution in [3.63, 3.8) is 0 Å². The van der Waals surface area contributed by atoms with Gasteiger partial charge in [-0.05, 0) is 54.6 Å². The number of hydroxylamine groups is 1. The van der Waals surface area contributed by atoms with Crippen LogP contribution in [0.15, 0.2) is 77.3 Å². The summed E-state index contributed by atoms with van der Waals surface area (Å²) < 4.78 is 19.8. The number of benzene rings is 3. The molecule has 3 aromatic carbocycles. The SMILES string of the molecule is COc1ccc(Br)cc1C1C2C(=O)N(c3ccc(F)cc3)C(=O)C2ON1c1ccccc1. The van der Waals surface area contributed by atoms with Gasteiger partial charge in [-0.15, -0.1) is 0 Å². The lowest BCUT2D eigenvalue weighted by Gasteiger charge is -2.29. The Hall–Kier alpha value is -3.23. The second-order valence-electron chi connectivity index (χ2n) is 7.53. The molecule has 3 unspecified atom stereocenters. The molecule has 2 fully saturated rings. The predicted molar refractivity (Wildman–Crippen MR) is 120 cm³/mol. The van der Waals surface area contributed by atoms with E-state index in [2.05, 4.69) is 15.9 Å². The highest BCUT2D eigenvalue weighted by Gasteiger charge is 2.60. The summed E-state index contributed by atoms with van der Waals surface area (Å²) in [4.78, 5) is 34.0. The van der Waals surface area contributed by atoms with Gasteiger partial charge >= 0.3 is 0 Å². The van der Waals surface area contributed by atoms with Crippen molar-refractivity contribution in [3.05, 3.63) is 88.6 Å². The summed E-state index contributed by atoms with van der Waals surface area (Å²) in [5.41, 5.74) is 1.73. The quantitative estimate of drug-likeness (QED) is 0.492. The Balaban J connectivity index is 1.63. The van der Waals surface area contributed by atoms with Gasteiger partial charge in [-0.3, -0.25) is 14.4 Å². The second kappa shape index (κ2) is 8.03. The van der Waals surface area contributed by atoms with E-state index in [1.54, 1.807) is 18.2 Å². The molecule has 3 aromatic rings. The van der Waals surface area contributed by atoms with Gasteiger partial charge in [0.05, 0.1) is 24.5 Å². The first kappa shape index (κ1) is 20.7. The van der Waals surface area contributed by atoms with Gasteiger partial charge in [0.2, 0.25) is 5.91 Å². The molecule has 0 radical (unpaired) electrons. The van der Waals surface area contributed by atoms with Crippen LogP contribution in [-0.4, -0.2) is 25.0 Å². The minimum atomic E-state index is -1.01. The molecule has 0 aromatic heterocycles. The van der Waals surface area contributed by atoms with E-state index in [1.807, 2.05) is 42.5 Å². The van der Waals surface area contributed by atoms with Gasteiger partial charge in [-0.25, -0.2) is 14.4 Å². The Morgan fingerprint density at radius 2 is 1.66 bits per heavy atom. The van der Waals surface area contributed by atoms with E-state index in [0.29, 0.717) is 22.7 Å². The fourth-order valence-electron chi connectivity index (χ4n) is 4.31. The number of amides is 2. The number of fused-ring (bicyclic) bond motifs is 1. The number of carbonyl (C=O) groups is 2. The van der Waals surface area contributed by atoms with E-state index in [9.17, 15) is 14.0 Å². The number of nitrogens with zero attached hydrogens (tertiary/aromatic N) is 2. The Bertz CT molecular complexity index is 1190. The number of hydrogen-bond acceptors (Lipinski definition) is 5. The standard InChI is InChI=1S/C24H18BrFN2O4/c1-31-19-12-7-14(25)13-18(19)21-20-22(32-28(21)17-5-3-2-4-6-17)24(30)27(23(20)29)16-10-8-15(26)9-11-16/h2-13,20-22H,1H3. The van der Waals surface area contributed by atoms with Crippen LogP contribution in [-0.2, 0) is 14.4 Å². The third-order valence-electron chi connectivity index (χ3n) is 5.72. The van der Waals surface area contributed by atoms with Crippen molar-refractivity contribution in [2.75, 3.05) is 17.1 Å². The van der Waals surface area contributed by atoms with Crippen molar-refractivity contribution in [1.82, 2.24) is 0 Å². The smallest absolute Gasteiger partial charge is 0.266 e. The lowest BCUT2D eigenvalue weighted by Crippen LogP contribution is -2.37. The van der Waals surface area contributed by atoms with Crippen LogP contribution in [0.3, 0.4) is 0 Å². The molecule has 2 aliphatic rings. The molecule has 5 rings (SSSR count). The van der Waals surface area contributed by atoms with Crippen LogP contribution in [0.25, 0.3) is 0 Å². The molecule has 0 bridgehead atoms. The zero-order valence-corrected chi connectivity index (χ0v) is 18.5. The Labute approximate surface area is 192 Å². The fourth-order valence-corrected chi connectivity index (χ4v) is 4.69. The van der Waals surface area contributed by atoms with Crippen LogP contribution < -0.4 is 14.7 Å². The van der Waals surface area contributed by atoms with Gasteiger partial charge in [0.25, 0.3) is 5.91 Å². The van der Waals surface area contributed by atoms with Crippen molar-refractivity contribution in [2.24, 2.45) is 5.92 Å². The Morgan fingerprint density at radius 3 is 2.34 bits per heavy atom. The highest BCUT2D eigenvalue weighted by molar-refractivity contribution is 9.10. The summed E-state index contributed by atoms with van der Waals surface area (Å²) in [6.07, 6.45) is -1.01. The van der Waals surface area contributed by atoms with Crippen LogP contribution in [0.2, 0.25) is 0 Å². The average molecular weight is 497 g/mol.